The van der Waals surface area contributed by atoms with E-state index in [1.165, 1.54) is 25.5 Å². The van der Waals surface area contributed by atoms with E-state index < -0.39 is 0 Å². The van der Waals surface area contributed by atoms with Gasteiger partial charge in [0, 0.05) is 8.40 Å². The van der Waals surface area contributed by atoms with E-state index in [1.54, 1.807) is 0 Å². The Balaban J connectivity index is 1.85. The fraction of sp³-hybridized carbons (Fsp3) is 0.111. The van der Waals surface area contributed by atoms with Crippen molar-refractivity contribution in [2.75, 3.05) is 0 Å². The van der Waals surface area contributed by atoms with Gasteiger partial charge < -0.3 is 0 Å². The average molecular weight is 437 g/mol. The highest BCUT2D eigenvalue weighted by molar-refractivity contribution is 14.1. The molecule has 0 fully saturated rings. The molecule has 0 saturated heterocycles. The van der Waals surface area contributed by atoms with Crippen LogP contribution in [0.2, 0.25) is 0 Å². The van der Waals surface area contributed by atoms with Gasteiger partial charge in [-0.25, -0.2) is 0 Å². The smallest absolute Gasteiger partial charge is 0.0436 e. The lowest BCUT2D eigenvalue weighted by molar-refractivity contribution is 0.950. The van der Waals surface area contributed by atoms with Crippen LogP contribution >= 0.6 is 38.5 Å². The lowest BCUT2D eigenvalue weighted by atomic mass is 10.0. The van der Waals surface area contributed by atoms with Crippen LogP contribution in [0.3, 0.4) is 0 Å². The van der Waals surface area contributed by atoms with Crippen molar-refractivity contribution in [3.05, 3.63) is 81.4 Å². The molecule has 100 valence electrons. The molecule has 1 atom stereocenters. The monoisotopic (exact) mass is 436 g/mol. The molecule has 0 aromatic heterocycles. The van der Waals surface area contributed by atoms with Crippen molar-refractivity contribution in [1.29, 1.82) is 0 Å². The van der Waals surface area contributed by atoms with Crippen LogP contribution in [-0.2, 0) is 6.42 Å². The molecule has 0 heterocycles. The molecular formula is C18H14BrI. The molecule has 0 N–H and O–H groups in total. The fourth-order valence-corrected chi connectivity index (χ4v) is 3.62. The van der Waals surface area contributed by atoms with Crippen molar-refractivity contribution in [2.24, 2.45) is 0 Å². The highest BCUT2D eigenvalue weighted by Crippen LogP contribution is 2.29. The summed E-state index contributed by atoms with van der Waals surface area (Å²) in [6, 6.07) is 23.9. The molecule has 0 amide bonds. The van der Waals surface area contributed by atoms with Gasteiger partial charge in [0.25, 0.3) is 0 Å². The number of hydrogen-bond donors (Lipinski definition) is 0. The van der Waals surface area contributed by atoms with Crippen molar-refractivity contribution in [2.45, 2.75) is 11.2 Å². The predicted molar refractivity (Wildman–Crippen MR) is 98.5 cm³/mol. The number of fused-ring (bicyclic) bond motifs is 1. The van der Waals surface area contributed by atoms with Gasteiger partial charge in [-0.2, -0.15) is 0 Å². The SMILES string of the molecule is BrC(Cc1ccc2ccccc2c1)c1cccc(I)c1. The standard InChI is InChI=1S/C18H14BrI/c19-18(16-6-3-7-17(20)12-16)11-13-8-9-14-4-1-2-5-15(14)10-13/h1-10,12,18H,11H2. The van der Waals surface area contributed by atoms with Gasteiger partial charge >= 0.3 is 0 Å². The maximum absolute atomic E-state index is 3.82. The van der Waals surface area contributed by atoms with Crippen molar-refractivity contribution < 1.29 is 0 Å². The Hall–Kier alpha value is -0.870. The third kappa shape index (κ3) is 3.23. The van der Waals surface area contributed by atoms with Gasteiger partial charge in [0.2, 0.25) is 0 Å². The second kappa shape index (κ2) is 6.27. The van der Waals surface area contributed by atoms with E-state index in [-0.39, 0.29) is 0 Å². The summed E-state index contributed by atoms with van der Waals surface area (Å²) in [5.41, 5.74) is 2.70. The van der Waals surface area contributed by atoms with Crippen LogP contribution in [-0.4, -0.2) is 0 Å². The normalized spacial score (nSPS) is 12.5. The first kappa shape index (κ1) is 14.1. The van der Waals surface area contributed by atoms with Crippen LogP contribution in [0.15, 0.2) is 66.7 Å². The zero-order valence-corrected chi connectivity index (χ0v) is 14.6. The molecule has 0 radical (unpaired) electrons. The summed E-state index contributed by atoms with van der Waals surface area (Å²) in [5.74, 6) is 0. The van der Waals surface area contributed by atoms with Crippen molar-refractivity contribution in [3.63, 3.8) is 0 Å². The zero-order chi connectivity index (χ0) is 13.9. The van der Waals surface area contributed by atoms with E-state index in [9.17, 15) is 0 Å². The Morgan fingerprint density at radius 1 is 0.850 bits per heavy atom. The van der Waals surface area contributed by atoms with Crippen LogP contribution in [0.25, 0.3) is 10.8 Å². The minimum Gasteiger partial charge on any atom is -0.0835 e. The first-order valence-electron chi connectivity index (χ1n) is 6.59. The first-order valence-corrected chi connectivity index (χ1v) is 8.59. The highest BCUT2D eigenvalue weighted by Gasteiger charge is 2.09. The Labute approximate surface area is 141 Å². The lowest BCUT2D eigenvalue weighted by Crippen LogP contribution is -1.95. The molecule has 3 aromatic carbocycles. The maximum atomic E-state index is 3.82. The predicted octanol–water partition coefficient (Wildman–Crippen LogP) is 6.12. The Morgan fingerprint density at radius 3 is 2.45 bits per heavy atom. The molecule has 1 unspecified atom stereocenters. The van der Waals surface area contributed by atoms with Gasteiger partial charge in [-0.05, 0) is 63.0 Å². The molecule has 3 aromatic rings. The van der Waals surface area contributed by atoms with Crippen molar-refractivity contribution in [1.82, 2.24) is 0 Å². The number of hydrogen-bond acceptors (Lipinski definition) is 0. The van der Waals surface area contributed by atoms with Gasteiger partial charge in [0.1, 0.15) is 0 Å². The zero-order valence-electron chi connectivity index (χ0n) is 10.9. The van der Waals surface area contributed by atoms with Crippen LogP contribution < -0.4 is 0 Å². The summed E-state index contributed by atoms with van der Waals surface area (Å²) in [4.78, 5) is 0.360. The topological polar surface area (TPSA) is 0 Å². The number of halogens is 2. The molecule has 20 heavy (non-hydrogen) atoms. The highest BCUT2D eigenvalue weighted by atomic mass is 127. The largest absolute Gasteiger partial charge is 0.0835 e. The third-order valence-corrected chi connectivity index (χ3v) is 4.96. The lowest BCUT2D eigenvalue weighted by Gasteiger charge is -2.11. The van der Waals surface area contributed by atoms with E-state index in [1.807, 2.05) is 0 Å². The summed E-state index contributed by atoms with van der Waals surface area (Å²) in [7, 11) is 0. The molecule has 0 saturated carbocycles. The molecule has 0 spiro atoms. The molecule has 0 aliphatic rings. The van der Waals surface area contributed by atoms with Crippen LogP contribution in [0.1, 0.15) is 16.0 Å². The Bertz CT molecular complexity index is 736. The minimum absolute atomic E-state index is 0.360. The van der Waals surface area contributed by atoms with Gasteiger partial charge in [-0.3, -0.25) is 0 Å². The second-order valence-corrected chi connectivity index (χ2v) is 7.26. The number of rotatable bonds is 3. The average Bonchev–Trinajstić information content (AvgIpc) is 2.47. The van der Waals surface area contributed by atoms with Crippen LogP contribution in [0.4, 0.5) is 0 Å². The van der Waals surface area contributed by atoms with Crippen LogP contribution in [0.5, 0.6) is 0 Å². The summed E-state index contributed by atoms with van der Waals surface area (Å²) in [5, 5.41) is 2.61. The fourth-order valence-electron chi connectivity index (χ4n) is 2.39. The van der Waals surface area contributed by atoms with Gasteiger partial charge in [0.05, 0.1) is 0 Å². The van der Waals surface area contributed by atoms with Crippen molar-refractivity contribution in [3.8, 4) is 0 Å². The maximum Gasteiger partial charge on any atom is 0.0436 e. The van der Waals surface area contributed by atoms with Gasteiger partial charge in [-0.1, -0.05) is 70.5 Å². The third-order valence-electron chi connectivity index (χ3n) is 3.44. The van der Waals surface area contributed by atoms with E-state index in [0.717, 1.165) is 6.42 Å². The van der Waals surface area contributed by atoms with Gasteiger partial charge in [0.15, 0.2) is 0 Å². The first-order chi connectivity index (χ1) is 9.72. The minimum atomic E-state index is 0.360. The second-order valence-electron chi connectivity index (χ2n) is 4.91. The van der Waals surface area contributed by atoms with E-state index >= 15 is 0 Å². The molecule has 2 heteroatoms. The number of alkyl halides is 1. The summed E-state index contributed by atoms with van der Waals surface area (Å²) in [6.45, 7) is 0. The Morgan fingerprint density at radius 2 is 1.65 bits per heavy atom. The van der Waals surface area contributed by atoms with E-state index in [4.69, 9.17) is 0 Å². The Kier molecular flexibility index (Phi) is 4.41. The molecule has 0 bridgehead atoms. The summed E-state index contributed by atoms with van der Waals surface area (Å²) in [6.07, 6.45) is 1.00. The summed E-state index contributed by atoms with van der Waals surface area (Å²) >= 11 is 6.18. The van der Waals surface area contributed by atoms with Crippen molar-refractivity contribution >= 4 is 49.3 Å². The molecule has 0 aliphatic heterocycles. The molecular weight excluding hydrogens is 423 g/mol. The van der Waals surface area contributed by atoms with E-state index in [2.05, 4.69) is 105 Å². The molecule has 0 aliphatic carbocycles. The van der Waals surface area contributed by atoms with Crippen LogP contribution in [0, 0.1) is 3.57 Å². The molecule has 0 nitrogen and oxygen atoms in total. The summed E-state index contributed by atoms with van der Waals surface area (Å²) < 4.78 is 1.28. The molecule has 3 rings (SSSR count). The number of benzene rings is 3. The quantitative estimate of drug-likeness (QED) is 0.342. The van der Waals surface area contributed by atoms with Gasteiger partial charge in [-0.15, -0.1) is 0 Å². The van der Waals surface area contributed by atoms with E-state index in [0.29, 0.717) is 4.83 Å².